The molecule has 2 saturated heterocycles. The fourth-order valence-corrected chi connectivity index (χ4v) is 4.11. The Morgan fingerprint density at radius 1 is 1.17 bits per heavy atom. The number of carbonyl (C=O) groups is 1. The maximum atomic E-state index is 12.7. The minimum atomic E-state index is 0.168. The lowest BCUT2D eigenvalue weighted by Gasteiger charge is -2.40. The summed E-state index contributed by atoms with van der Waals surface area (Å²) in [5.74, 6) is 0.168. The van der Waals surface area contributed by atoms with Crippen molar-refractivity contribution in [1.82, 2.24) is 9.80 Å². The molecule has 132 valence electrons. The van der Waals surface area contributed by atoms with E-state index < -0.39 is 0 Å². The molecule has 1 aromatic carbocycles. The van der Waals surface area contributed by atoms with Gasteiger partial charge in [-0.2, -0.15) is 0 Å². The second-order valence-electron chi connectivity index (χ2n) is 7.34. The Bertz CT molecular complexity index is 554. The third kappa shape index (κ3) is 3.98. The fraction of sp³-hybridized carbons (Fsp3) is 0.650. The number of rotatable bonds is 4. The first-order valence-corrected chi connectivity index (χ1v) is 9.44. The lowest BCUT2D eigenvalue weighted by Crippen LogP contribution is -2.46. The molecule has 0 spiro atoms. The molecule has 1 aromatic rings. The molecule has 24 heavy (non-hydrogen) atoms. The Balaban J connectivity index is 1.71. The highest BCUT2D eigenvalue weighted by Gasteiger charge is 2.27. The molecule has 0 aliphatic carbocycles. The van der Waals surface area contributed by atoms with E-state index in [1.165, 1.54) is 24.8 Å². The highest BCUT2D eigenvalue weighted by Crippen LogP contribution is 2.25. The Kier molecular flexibility index (Phi) is 5.90. The molecule has 2 aliphatic heterocycles. The van der Waals surface area contributed by atoms with Crippen LogP contribution in [0.5, 0.6) is 0 Å². The number of benzene rings is 1. The Hall–Kier alpha value is -1.39. The van der Waals surface area contributed by atoms with E-state index in [-0.39, 0.29) is 18.6 Å². The van der Waals surface area contributed by atoms with Gasteiger partial charge in [0.15, 0.2) is 0 Å². The van der Waals surface area contributed by atoms with Crippen LogP contribution in [0.2, 0.25) is 0 Å². The Morgan fingerprint density at radius 2 is 1.96 bits per heavy atom. The second-order valence-corrected chi connectivity index (χ2v) is 7.34. The van der Waals surface area contributed by atoms with Crippen LogP contribution in [0.15, 0.2) is 24.3 Å². The van der Waals surface area contributed by atoms with Crippen LogP contribution in [0.25, 0.3) is 0 Å². The fourth-order valence-electron chi connectivity index (χ4n) is 4.11. The van der Waals surface area contributed by atoms with E-state index in [1.54, 1.807) is 0 Å². The number of amides is 1. The molecule has 2 unspecified atom stereocenters. The lowest BCUT2D eigenvalue weighted by atomic mass is 9.95. The zero-order valence-electron chi connectivity index (χ0n) is 14.8. The van der Waals surface area contributed by atoms with Crippen molar-refractivity contribution >= 4 is 5.91 Å². The van der Waals surface area contributed by atoms with Crippen molar-refractivity contribution in [3.8, 4) is 0 Å². The standard InChI is InChI=1S/C20H30N2O2/c1-16-7-5-10-19(15-23)22(16)14-17-8-6-9-18(13-17)20(24)21-11-3-2-4-12-21/h6,8-9,13,16,19,23H,2-5,7,10-12,14-15H2,1H3. The normalized spacial score (nSPS) is 25.7. The number of aliphatic hydroxyl groups excluding tert-OH is 1. The first-order valence-electron chi connectivity index (χ1n) is 9.44. The molecule has 0 aromatic heterocycles. The zero-order valence-corrected chi connectivity index (χ0v) is 14.8. The molecule has 4 heteroatoms. The smallest absolute Gasteiger partial charge is 0.253 e. The predicted octanol–water partition coefficient (Wildman–Crippen LogP) is 3.05. The van der Waals surface area contributed by atoms with Crippen molar-refractivity contribution in [3.63, 3.8) is 0 Å². The molecule has 0 saturated carbocycles. The molecule has 1 N–H and O–H groups in total. The first kappa shape index (κ1) is 17.4. The van der Waals surface area contributed by atoms with E-state index in [4.69, 9.17) is 0 Å². The number of hydrogen-bond donors (Lipinski definition) is 1. The molecule has 2 fully saturated rings. The summed E-state index contributed by atoms with van der Waals surface area (Å²) in [6.07, 6.45) is 6.91. The molecule has 1 amide bonds. The average Bonchev–Trinajstić information content (AvgIpc) is 2.64. The lowest BCUT2D eigenvalue weighted by molar-refractivity contribution is 0.0451. The largest absolute Gasteiger partial charge is 0.395 e. The number of aliphatic hydroxyl groups is 1. The van der Waals surface area contributed by atoms with Gasteiger partial charge >= 0.3 is 0 Å². The van der Waals surface area contributed by atoms with Gasteiger partial charge in [0.1, 0.15) is 0 Å². The Labute approximate surface area is 145 Å². The van der Waals surface area contributed by atoms with Crippen LogP contribution < -0.4 is 0 Å². The van der Waals surface area contributed by atoms with Crippen molar-refractivity contribution in [1.29, 1.82) is 0 Å². The van der Waals surface area contributed by atoms with Gasteiger partial charge in [0.05, 0.1) is 6.61 Å². The first-order chi connectivity index (χ1) is 11.7. The highest BCUT2D eigenvalue weighted by molar-refractivity contribution is 5.94. The number of hydrogen-bond acceptors (Lipinski definition) is 3. The van der Waals surface area contributed by atoms with Crippen molar-refractivity contribution in [3.05, 3.63) is 35.4 Å². The zero-order chi connectivity index (χ0) is 16.9. The molecular weight excluding hydrogens is 300 g/mol. The maximum absolute atomic E-state index is 12.7. The van der Waals surface area contributed by atoms with Crippen molar-refractivity contribution < 1.29 is 9.90 Å². The van der Waals surface area contributed by atoms with Crippen LogP contribution in [0.4, 0.5) is 0 Å². The molecule has 0 radical (unpaired) electrons. The minimum Gasteiger partial charge on any atom is -0.395 e. The van der Waals surface area contributed by atoms with Gasteiger partial charge in [-0.25, -0.2) is 0 Å². The van der Waals surface area contributed by atoms with E-state index in [0.717, 1.165) is 44.5 Å². The molecular formula is C20H30N2O2. The topological polar surface area (TPSA) is 43.8 Å². The van der Waals surface area contributed by atoms with Gasteiger partial charge in [-0.05, 0) is 56.7 Å². The number of likely N-dealkylation sites (tertiary alicyclic amines) is 2. The van der Waals surface area contributed by atoms with Gasteiger partial charge in [-0.15, -0.1) is 0 Å². The van der Waals surface area contributed by atoms with Crippen LogP contribution in [0, 0.1) is 0 Å². The van der Waals surface area contributed by atoms with E-state index in [2.05, 4.69) is 17.9 Å². The highest BCUT2D eigenvalue weighted by atomic mass is 16.3. The minimum absolute atomic E-state index is 0.168. The average molecular weight is 330 g/mol. The third-order valence-corrected chi connectivity index (χ3v) is 5.59. The van der Waals surface area contributed by atoms with Crippen LogP contribution in [-0.2, 0) is 6.54 Å². The van der Waals surface area contributed by atoms with Gasteiger partial charge in [0.25, 0.3) is 5.91 Å². The summed E-state index contributed by atoms with van der Waals surface area (Å²) in [5.41, 5.74) is 1.98. The number of piperidine rings is 2. The van der Waals surface area contributed by atoms with E-state index in [1.807, 2.05) is 23.1 Å². The SMILES string of the molecule is CC1CCCC(CO)N1Cc1cccc(C(=O)N2CCCCC2)c1. The number of carbonyl (C=O) groups excluding carboxylic acids is 1. The monoisotopic (exact) mass is 330 g/mol. The van der Waals surface area contributed by atoms with Crippen molar-refractivity contribution in [2.24, 2.45) is 0 Å². The quantitative estimate of drug-likeness (QED) is 0.923. The summed E-state index contributed by atoms with van der Waals surface area (Å²) in [5, 5.41) is 9.67. The summed E-state index contributed by atoms with van der Waals surface area (Å²) in [6.45, 7) is 5.05. The van der Waals surface area contributed by atoms with Gasteiger partial charge in [-0.1, -0.05) is 18.6 Å². The van der Waals surface area contributed by atoms with Crippen molar-refractivity contribution in [2.45, 2.75) is 64.1 Å². The molecule has 3 rings (SSSR count). The summed E-state index contributed by atoms with van der Waals surface area (Å²) in [7, 11) is 0. The summed E-state index contributed by atoms with van der Waals surface area (Å²) < 4.78 is 0. The van der Waals surface area contributed by atoms with Crippen LogP contribution in [0.3, 0.4) is 0 Å². The van der Waals surface area contributed by atoms with Crippen LogP contribution >= 0.6 is 0 Å². The van der Waals surface area contributed by atoms with Crippen LogP contribution in [0.1, 0.15) is 61.4 Å². The van der Waals surface area contributed by atoms with Crippen LogP contribution in [-0.4, -0.2) is 52.6 Å². The molecule has 0 bridgehead atoms. The molecule has 4 nitrogen and oxygen atoms in total. The summed E-state index contributed by atoms with van der Waals surface area (Å²) in [4.78, 5) is 17.1. The second kappa shape index (κ2) is 8.13. The van der Waals surface area contributed by atoms with Crippen molar-refractivity contribution in [2.75, 3.05) is 19.7 Å². The molecule has 2 atom stereocenters. The predicted molar refractivity (Wildman–Crippen MR) is 95.9 cm³/mol. The summed E-state index contributed by atoms with van der Waals surface area (Å²) in [6, 6.07) is 8.81. The molecule has 2 aliphatic rings. The van der Waals surface area contributed by atoms with Gasteiger partial charge in [0, 0.05) is 37.3 Å². The van der Waals surface area contributed by atoms with Gasteiger partial charge in [0.2, 0.25) is 0 Å². The Morgan fingerprint density at radius 3 is 2.71 bits per heavy atom. The third-order valence-electron chi connectivity index (χ3n) is 5.59. The number of nitrogens with zero attached hydrogens (tertiary/aromatic N) is 2. The van der Waals surface area contributed by atoms with E-state index in [9.17, 15) is 9.90 Å². The van der Waals surface area contributed by atoms with E-state index >= 15 is 0 Å². The van der Waals surface area contributed by atoms with Gasteiger partial charge < -0.3 is 10.0 Å². The summed E-state index contributed by atoms with van der Waals surface area (Å²) >= 11 is 0. The van der Waals surface area contributed by atoms with Gasteiger partial charge in [-0.3, -0.25) is 9.69 Å². The molecule has 2 heterocycles. The maximum Gasteiger partial charge on any atom is 0.253 e. The van der Waals surface area contributed by atoms with E-state index in [0.29, 0.717) is 6.04 Å².